The summed E-state index contributed by atoms with van der Waals surface area (Å²) in [7, 11) is -0.199. The average Bonchev–Trinajstić information content (AvgIpc) is 2.82. The van der Waals surface area contributed by atoms with Gasteiger partial charge in [-0.25, -0.2) is 0 Å². The van der Waals surface area contributed by atoms with Crippen molar-refractivity contribution in [3.8, 4) is 0 Å². The lowest BCUT2D eigenvalue weighted by Gasteiger charge is -2.32. The largest absolute Gasteiger partial charge is 0.465 e. The van der Waals surface area contributed by atoms with Gasteiger partial charge in [-0.05, 0) is 56.9 Å². The number of unbranched alkanes of at least 4 members (excludes halogenated alkanes) is 2. The van der Waals surface area contributed by atoms with E-state index in [1.54, 1.807) is 0 Å². The molecule has 1 saturated heterocycles. The van der Waals surface area contributed by atoms with Gasteiger partial charge in [-0.3, -0.25) is 0 Å². The van der Waals surface area contributed by atoms with E-state index in [2.05, 4.69) is 86.1 Å². The fourth-order valence-electron chi connectivity index (χ4n) is 3.70. The van der Waals surface area contributed by atoms with Crippen molar-refractivity contribution in [2.24, 2.45) is 0 Å². The maximum absolute atomic E-state index is 6.46. The Kier molecular flexibility index (Phi) is 6.16. The molecule has 2 nitrogen and oxygen atoms in total. The molecule has 0 aliphatic carbocycles. The maximum Gasteiger partial charge on any atom is 0.465 e. The zero-order valence-corrected chi connectivity index (χ0v) is 18.0. The van der Waals surface area contributed by atoms with E-state index in [-0.39, 0.29) is 24.1 Å². The molecule has 0 N–H and O–H groups in total. The van der Waals surface area contributed by atoms with Gasteiger partial charge in [0.1, 0.15) is 0 Å². The van der Waals surface area contributed by atoms with Gasteiger partial charge in [0.25, 0.3) is 0 Å². The molecular formula is C22H30BBrO2. The lowest BCUT2D eigenvalue weighted by molar-refractivity contribution is 0.00578. The molecule has 26 heavy (non-hydrogen) atoms. The van der Waals surface area contributed by atoms with Crippen LogP contribution in [0.3, 0.4) is 0 Å². The molecule has 1 heterocycles. The molecule has 1 aliphatic rings. The van der Waals surface area contributed by atoms with Crippen molar-refractivity contribution in [1.29, 1.82) is 0 Å². The van der Waals surface area contributed by atoms with Gasteiger partial charge in [0.15, 0.2) is 0 Å². The molecule has 1 fully saturated rings. The molecule has 2 aromatic rings. The highest BCUT2D eigenvalue weighted by atomic mass is 79.9. The standard InChI is InChI=1S/C22H30BBrO2/c1-21(2)22(3,4)26-23(25-21)20(15-6-5-9-16-24)19-14-10-12-17-11-7-8-13-18(17)19/h7-8,10-14,20H,5-6,9,15-16H2,1-4H3/t20-/m1/s1. The summed E-state index contributed by atoms with van der Waals surface area (Å²) < 4.78 is 12.9. The van der Waals surface area contributed by atoms with E-state index in [1.165, 1.54) is 35.6 Å². The topological polar surface area (TPSA) is 18.5 Å². The predicted molar refractivity (Wildman–Crippen MR) is 115 cm³/mol. The first-order chi connectivity index (χ1) is 12.4. The van der Waals surface area contributed by atoms with Crippen molar-refractivity contribution in [2.75, 3.05) is 5.33 Å². The van der Waals surface area contributed by atoms with Crippen LogP contribution in [-0.2, 0) is 9.31 Å². The Morgan fingerprint density at radius 2 is 1.54 bits per heavy atom. The molecule has 2 aromatic carbocycles. The lowest BCUT2D eigenvalue weighted by atomic mass is 9.64. The summed E-state index contributed by atoms with van der Waals surface area (Å²) >= 11 is 3.54. The van der Waals surface area contributed by atoms with Crippen LogP contribution in [0, 0.1) is 0 Å². The van der Waals surface area contributed by atoms with Crippen molar-refractivity contribution in [3.05, 3.63) is 48.0 Å². The van der Waals surface area contributed by atoms with Crippen molar-refractivity contribution >= 4 is 33.8 Å². The van der Waals surface area contributed by atoms with Crippen molar-refractivity contribution in [3.63, 3.8) is 0 Å². The Balaban J connectivity index is 1.93. The molecule has 4 heteroatoms. The highest BCUT2D eigenvalue weighted by Gasteiger charge is 2.53. The first-order valence-corrected chi connectivity index (χ1v) is 10.9. The molecule has 0 bridgehead atoms. The minimum atomic E-state index is -0.295. The molecule has 140 valence electrons. The number of halogens is 1. The zero-order valence-electron chi connectivity index (χ0n) is 16.4. The van der Waals surface area contributed by atoms with E-state index in [0.717, 1.165) is 11.8 Å². The highest BCUT2D eigenvalue weighted by Crippen LogP contribution is 2.43. The Hall–Kier alpha value is -0.835. The van der Waals surface area contributed by atoms with Crippen LogP contribution in [0.4, 0.5) is 0 Å². The number of hydrogen-bond donors (Lipinski definition) is 0. The van der Waals surface area contributed by atoms with E-state index < -0.39 is 0 Å². The summed E-state index contributed by atoms with van der Waals surface area (Å²) in [6, 6.07) is 15.2. The Morgan fingerprint density at radius 1 is 0.885 bits per heavy atom. The zero-order chi connectivity index (χ0) is 18.8. The average molecular weight is 417 g/mol. The minimum Gasteiger partial charge on any atom is -0.403 e. The molecule has 0 amide bonds. The first kappa shape index (κ1) is 19.9. The van der Waals surface area contributed by atoms with Crippen LogP contribution in [0.15, 0.2) is 42.5 Å². The molecule has 0 unspecified atom stereocenters. The summed E-state index contributed by atoms with van der Waals surface area (Å²) in [5, 5.41) is 3.67. The monoisotopic (exact) mass is 416 g/mol. The van der Waals surface area contributed by atoms with Gasteiger partial charge < -0.3 is 9.31 Å². The van der Waals surface area contributed by atoms with E-state index in [4.69, 9.17) is 9.31 Å². The minimum absolute atomic E-state index is 0.199. The Labute approximate surface area is 166 Å². The van der Waals surface area contributed by atoms with Gasteiger partial charge in [-0.1, -0.05) is 71.2 Å². The van der Waals surface area contributed by atoms with Gasteiger partial charge in [0.05, 0.1) is 11.2 Å². The second-order valence-electron chi connectivity index (χ2n) is 8.34. The van der Waals surface area contributed by atoms with E-state index >= 15 is 0 Å². The summed E-state index contributed by atoms with van der Waals surface area (Å²) in [5.74, 6) is 0.248. The molecule has 3 rings (SSSR count). The number of fused-ring (bicyclic) bond motifs is 1. The third kappa shape index (κ3) is 4.03. The quantitative estimate of drug-likeness (QED) is 0.291. The van der Waals surface area contributed by atoms with Crippen molar-refractivity contribution in [2.45, 2.75) is 70.4 Å². The predicted octanol–water partition coefficient (Wildman–Crippen LogP) is 6.51. The van der Waals surface area contributed by atoms with E-state index in [1.807, 2.05) is 0 Å². The number of alkyl halides is 1. The molecule has 0 aromatic heterocycles. The second kappa shape index (κ2) is 8.04. The number of rotatable bonds is 7. The van der Waals surface area contributed by atoms with Crippen LogP contribution < -0.4 is 0 Å². The fourth-order valence-corrected chi connectivity index (χ4v) is 4.10. The van der Waals surface area contributed by atoms with E-state index in [0.29, 0.717) is 0 Å². The summed E-state index contributed by atoms with van der Waals surface area (Å²) in [5.41, 5.74) is 0.757. The molecule has 0 saturated carbocycles. The van der Waals surface area contributed by atoms with Gasteiger partial charge >= 0.3 is 7.12 Å². The normalized spacial score (nSPS) is 19.8. The fraction of sp³-hybridized carbons (Fsp3) is 0.545. The summed E-state index contributed by atoms with van der Waals surface area (Å²) in [6.45, 7) is 8.55. The smallest absolute Gasteiger partial charge is 0.403 e. The van der Waals surface area contributed by atoms with Crippen LogP contribution in [-0.4, -0.2) is 23.7 Å². The molecular weight excluding hydrogens is 387 g/mol. The van der Waals surface area contributed by atoms with Crippen LogP contribution in [0.2, 0.25) is 0 Å². The Morgan fingerprint density at radius 3 is 2.23 bits per heavy atom. The van der Waals surface area contributed by atoms with Crippen molar-refractivity contribution < 1.29 is 9.31 Å². The van der Waals surface area contributed by atoms with Gasteiger partial charge in [-0.15, -0.1) is 0 Å². The number of hydrogen-bond acceptors (Lipinski definition) is 2. The van der Waals surface area contributed by atoms with Crippen LogP contribution >= 0.6 is 15.9 Å². The van der Waals surface area contributed by atoms with Gasteiger partial charge in [-0.2, -0.15) is 0 Å². The molecule has 0 radical (unpaired) electrons. The van der Waals surface area contributed by atoms with Crippen LogP contribution in [0.5, 0.6) is 0 Å². The lowest BCUT2D eigenvalue weighted by Crippen LogP contribution is -2.41. The number of benzene rings is 2. The van der Waals surface area contributed by atoms with E-state index in [9.17, 15) is 0 Å². The SMILES string of the molecule is CC1(C)OB([C@H](CCCCCBr)c2cccc3ccccc23)OC1(C)C. The Bertz CT molecular complexity index is 723. The summed E-state index contributed by atoms with van der Waals surface area (Å²) in [6.07, 6.45) is 4.71. The summed E-state index contributed by atoms with van der Waals surface area (Å²) in [4.78, 5) is 0. The molecule has 1 aliphatic heterocycles. The molecule has 1 atom stereocenters. The third-order valence-electron chi connectivity index (χ3n) is 5.97. The van der Waals surface area contributed by atoms with Crippen LogP contribution in [0.25, 0.3) is 10.8 Å². The maximum atomic E-state index is 6.46. The second-order valence-corrected chi connectivity index (χ2v) is 9.13. The highest BCUT2D eigenvalue weighted by molar-refractivity contribution is 9.09. The first-order valence-electron chi connectivity index (χ1n) is 9.75. The third-order valence-corrected chi connectivity index (χ3v) is 6.53. The van der Waals surface area contributed by atoms with Crippen molar-refractivity contribution in [1.82, 2.24) is 0 Å². The molecule has 0 spiro atoms. The van der Waals surface area contributed by atoms with Gasteiger partial charge in [0.2, 0.25) is 0 Å². The van der Waals surface area contributed by atoms with Gasteiger partial charge in [0, 0.05) is 11.1 Å². The van der Waals surface area contributed by atoms with Crippen LogP contribution in [0.1, 0.15) is 64.8 Å².